The third-order valence-corrected chi connectivity index (χ3v) is 3.22. The number of carbonyl (C=O) groups is 3. The van der Waals surface area contributed by atoms with Crippen molar-refractivity contribution in [2.45, 2.75) is 6.54 Å². The molecule has 1 aromatic carbocycles. The van der Waals surface area contributed by atoms with Crippen LogP contribution in [0.5, 0.6) is 0 Å². The number of carboxylic acids is 1. The predicted octanol–water partition coefficient (Wildman–Crippen LogP) is 1.51. The fraction of sp³-hybridized carbons (Fsp3) is 0.0667. The van der Waals surface area contributed by atoms with Crippen molar-refractivity contribution in [2.75, 3.05) is 4.90 Å². The second kappa shape index (κ2) is 4.82. The number of anilines is 1. The fourth-order valence-corrected chi connectivity index (χ4v) is 2.25. The molecule has 6 nitrogen and oxygen atoms in total. The summed E-state index contributed by atoms with van der Waals surface area (Å²) in [6, 6.07) is 11.2. The van der Waals surface area contributed by atoms with Crippen LogP contribution in [0.25, 0.3) is 0 Å². The van der Waals surface area contributed by atoms with Gasteiger partial charge < -0.3 is 5.11 Å². The van der Waals surface area contributed by atoms with Crippen LogP contribution in [0.2, 0.25) is 0 Å². The SMILES string of the molecule is O=C(O)c1cccc(CN2C(=O)C(=O)c3ccccc32)n1. The van der Waals surface area contributed by atoms with Crippen LogP contribution in [0, 0.1) is 0 Å². The molecule has 0 spiro atoms. The van der Waals surface area contributed by atoms with E-state index in [-0.39, 0.29) is 12.2 Å². The second-order valence-corrected chi connectivity index (χ2v) is 4.56. The highest BCUT2D eigenvalue weighted by molar-refractivity contribution is 6.52. The molecule has 21 heavy (non-hydrogen) atoms. The molecule has 0 radical (unpaired) electrons. The van der Waals surface area contributed by atoms with Crippen molar-refractivity contribution in [3.63, 3.8) is 0 Å². The Morgan fingerprint density at radius 3 is 2.62 bits per heavy atom. The summed E-state index contributed by atoms with van der Waals surface area (Å²) in [5.41, 5.74) is 1.19. The van der Waals surface area contributed by atoms with Gasteiger partial charge in [0.15, 0.2) is 0 Å². The number of fused-ring (bicyclic) bond motifs is 1. The number of amides is 1. The molecular formula is C15H10N2O4. The first-order valence-corrected chi connectivity index (χ1v) is 6.22. The molecule has 1 aromatic heterocycles. The van der Waals surface area contributed by atoms with Crippen molar-refractivity contribution in [3.8, 4) is 0 Å². The molecule has 0 bridgehead atoms. The highest BCUT2D eigenvalue weighted by Gasteiger charge is 2.35. The lowest BCUT2D eigenvalue weighted by Gasteiger charge is -2.15. The van der Waals surface area contributed by atoms with Crippen molar-refractivity contribution in [1.82, 2.24) is 4.98 Å². The van der Waals surface area contributed by atoms with E-state index < -0.39 is 17.7 Å². The Morgan fingerprint density at radius 1 is 1.10 bits per heavy atom. The van der Waals surface area contributed by atoms with Crippen LogP contribution in [0.4, 0.5) is 5.69 Å². The van der Waals surface area contributed by atoms with E-state index in [1.54, 1.807) is 36.4 Å². The van der Waals surface area contributed by atoms with E-state index in [2.05, 4.69) is 4.98 Å². The van der Waals surface area contributed by atoms with Gasteiger partial charge in [0.2, 0.25) is 0 Å². The van der Waals surface area contributed by atoms with Gasteiger partial charge in [-0.2, -0.15) is 0 Å². The number of benzene rings is 1. The fourth-order valence-electron chi connectivity index (χ4n) is 2.25. The van der Waals surface area contributed by atoms with E-state index >= 15 is 0 Å². The van der Waals surface area contributed by atoms with Crippen LogP contribution < -0.4 is 4.90 Å². The monoisotopic (exact) mass is 282 g/mol. The van der Waals surface area contributed by atoms with Crippen LogP contribution in [0.3, 0.4) is 0 Å². The Balaban J connectivity index is 1.95. The standard InChI is InChI=1S/C15H10N2O4/c18-13-10-5-1-2-7-12(10)17(14(13)19)8-9-4-3-6-11(16-9)15(20)21/h1-7H,8H2,(H,20,21). The molecule has 1 N–H and O–H groups in total. The van der Waals surface area contributed by atoms with E-state index in [4.69, 9.17) is 5.11 Å². The molecule has 1 amide bonds. The second-order valence-electron chi connectivity index (χ2n) is 4.56. The van der Waals surface area contributed by atoms with Gasteiger partial charge in [-0.1, -0.05) is 18.2 Å². The molecular weight excluding hydrogens is 272 g/mol. The lowest BCUT2D eigenvalue weighted by molar-refractivity contribution is -0.114. The number of pyridine rings is 1. The number of para-hydroxylation sites is 1. The molecule has 0 fully saturated rings. The Hall–Kier alpha value is -3.02. The Labute approximate surface area is 119 Å². The molecule has 1 aliphatic rings. The summed E-state index contributed by atoms with van der Waals surface area (Å²) in [5.74, 6) is -2.32. The highest BCUT2D eigenvalue weighted by Crippen LogP contribution is 2.29. The van der Waals surface area contributed by atoms with Crippen LogP contribution in [0.1, 0.15) is 26.5 Å². The summed E-state index contributed by atoms with van der Waals surface area (Å²) in [6.45, 7) is 0.0582. The van der Waals surface area contributed by atoms with Crippen molar-refractivity contribution < 1.29 is 19.5 Å². The van der Waals surface area contributed by atoms with E-state index in [1.165, 1.54) is 11.0 Å². The summed E-state index contributed by atoms with van der Waals surface area (Å²) in [7, 11) is 0. The highest BCUT2D eigenvalue weighted by atomic mass is 16.4. The van der Waals surface area contributed by atoms with Crippen molar-refractivity contribution in [2.24, 2.45) is 0 Å². The summed E-state index contributed by atoms with van der Waals surface area (Å²) >= 11 is 0. The maximum Gasteiger partial charge on any atom is 0.354 e. The zero-order valence-electron chi connectivity index (χ0n) is 10.8. The van der Waals surface area contributed by atoms with E-state index in [0.717, 1.165) is 0 Å². The topological polar surface area (TPSA) is 87.6 Å². The van der Waals surface area contributed by atoms with Crippen molar-refractivity contribution >= 4 is 23.3 Å². The first-order valence-electron chi connectivity index (χ1n) is 6.22. The number of rotatable bonds is 3. The molecule has 104 valence electrons. The average molecular weight is 282 g/mol. The van der Waals surface area contributed by atoms with Crippen LogP contribution in [-0.2, 0) is 11.3 Å². The quantitative estimate of drug-likeness (QED) is 0.862. The van der Waals surface area contributed by atoms with Gasteiger partial charge in [-0.3, -0.25) is 14.5 Å². The number of nitrogens with zero attached hydrogens (tertiary/aromatic N) is 2. The summed E-state index contributed by atoms with van der Waals surface area (Å²) in [5, 5.41) is 8.92. The lowest BCUT2D eigenvalue weighted by Crippen LogP contribution is -2.29. The van der Waals surface area contributed by atoms with Gasteiger partial charge in [-0.25, -0.2) is 9.78 Å². The van der Waals surface area contributed by atoms with Gasteiger partial charge in [-0.05, 0) is 24.3 Å². The number of Topliss-reactive ketones (excluding diaryl/α,β-unsaturated/α-hetero) is 1. The largest absolute Gasteiger partial charge is 0.477 e. The molecule has 1 aliphatic heterocycles. The third-order valence-electron chi connectivity index (χ3n) is 3.22. The van der Waals surface area contributed by atoms with Crippen molar-refractivity contribution in [3.05, 3.63) is 59.4 Å². The minimum atomic E-state index is -1.14. The van der Waals surface area contributed by atoms with E-state index in [0.29, 0.717) is 16.9 Å². The number of hydrogen-bond donors (Lipinski definition) is 1. The third kappa shape index (κ3) is 2.16. The molecule has 0 unspecified atom stereocenters. The molecule has 3 rings (SSSR count). The number of aromatic carboxylic acids is 1. The Bertz CT molecular complexity index is 770. The summed E-state index contributed by atoms with van der Waals surface area (Å²) in [4.78, 5) is 40.1. The maximum atomic E-state index is 12.0. The van der Waals surface area contributed by atoms with Gasteiger partial charge in [0, 0.05) is 0 Å². The Morgan fingerprint density at radius 2 is 1.86 bits per heavy atom. The number of aromatic nitrogens is 1. The Kier molecular flexibility index (Phi) is 2.98. The minimum absolute atomic E-state index is 0.0582. The molecule has 2 aromatic rings. The predicted molar refractivity (Wildman–Crippen MR) is 73.2 cm³/mol. The number of carboxylic acid groups (broad SMARTS) is 1. The van der Waals surface area contributed by atoms with Crippen LogP contribution in [0.15, 0.2) is 42.5 Å². The van der Waals surface area contributed by atoms with Gasteiger partial charge in [0.1, 0.15) is 5.69 Å². The van der Waals surface area contributed by atoms with Gasteiger partial charge in [0.05, 0.1) is 23.5 Å². The summed E-state index contributed by atoms with van der Waals surface area (Å²) in [6.07, 6.45) is 0. The molecule has 0 saturated carbocycles. The first kappa shape index (κ1) is 13.0. The number of carbonyl (C=O) groups excluding carboxylic acids is 2. The van der Waals surface area contributed by atoms with Crippen LogP contribution in [-0.4, -0.2) is 27.8 Å². The number of hydrogen-bond acceptors (Lipinski definition) is 4. The van der Waals surface area contributed by atoms with Gasteiger partial charge in [-0.15, -0.1) is 0 Å². The zero-order chi connectivity index (χ0) is 15.0. The average Bonchev–Trinajstić information content (AvgIpc) is 2.73. The van der Waals surface area contributed by atoms with E-state index in [1.807, 2.05) is 0 Å². The van der Waals surface area contributed by atoms with Gasteiger partial charge in [0.25, 0.3) is 11.7 Å². The van der Waals surface area contributed by atoms with Gasteiger partial charge >= 0.3 is 5.97 Å². The number of ketones is 1. The van der Waals surface area contributed by atoms with Crippen LogP contribution >= 0.6 is 0 Å². The lowest BCUT2D eigenvalue weighted by atomic mass is 10.1. The molecule has 2 heterocycles. The maximum absolute atomic E-state index is 12.0. The first-order chi connectivity index (χ1) is 10.1. The zero-order valence-corrected chi connectivity index (χ0v) is 10.8. The smallest absolute Gasteiger partial charge is 0.354 e. The van der Waals surface area contributed by atoms with Crippen molar-refractivity contribution in [1.29, 1.82) is 0 Å². The molecule has 6 heteroatoms. The van der Waals surface area contributed by atoms with E-state index in [9.17, 15) is 14.4 Å². The summed E-state index contributed by atoms with van der Waals surface area (Å²) < 4.78 is 0. The molecule has 0 atom stereocenters. The minimum Gasteiger partial charge on any atom is -0.477 e. The normalized spacial score (nSPS) is 13.4. The molecule has 0 saturated heterocycles. The molecule has 0 aliphatic carbocycles.